The molecule has 0 amide bonds. The molecule has 0 aliphatic carbocycles. The molecule has 1 N–H and O–H groups in total. The zero-order chi connectivity index (χ0) is 23.3. The molecule has 0 aliphatic heterocycles. The second-order valence-electron chi connectivity index (χ2n) is 6.92. The van der Waals surface area contributed by atoms with Gasteiger partial charge in [-0.05, 0) is 29.8 Å². The summed E-state index contributed by atoms with van der Waals surface area (Å²) in [6, 6.07) is 14.8. The van der Waals surface area contributed by atoms with Gasteiger partial charge in [0.05, 0.1) is 42.7 Å². The summed E-state index contributed by atoms with van der Waals surface area (Å²) < 4.78 is 33.0. The van der Waals surface area contributed by atoms with Gasteiger partial charge in [0, 0.05) is 29.2 Å². The lowest BCUT2D eigenvalue weighted by Gasteiger charge is -2.25. The minimum absolute atomic E-state index is 0.0686. The molecule has 0 fully saturated rings. The van der Waals surface area contributed by atoms with E-state index in [4.69, 9.17) is 28.4 Å². The first-order chi connectivity index (χ1) is 15.5. The normalized spacial score (nSPS) is 10.6. The Morgan fingerprint density at radius 1 is 0.531 bits per heavy atom. The monoisotopic (exact) mass is 440 g/mol. The van der Waals surface area contributed by atoms with Gasteiger partial charge in [-0.25, -0.2) is 0 Å². The third-order valence-electron chi connectivity index (χ3n) is 5.34. The first kappa shape index (κ1) is 22.9. The van der Waals surface area contributed by atoms with Gasteiger partial charge in [-0.2, -0.15) is 0 Å². The lowest BCUT2D eigenvalue weighted by atomic mass is 9.83. The van der Waals surface area contributed by atoms with E-state index in [0.717, 1.165) is 16.7 Å². The van der Waals surface area contributed by atoms with E-state index in [2.05, 4.69) is 0 Å². The zero-order valence-corrected chi connectivity index (χ0v) is 19.1. The number of phenolic OH excluding ortho intramolecular Hbond substituents is 1. The van der Waals surface area contributed by atoms with E-state index in [9.17, 15) is 5.11 Å². The third-order valence-corrected chi connectivity index (χ3v) is 5.34. The summed E-state index contributed by atoms with van der Waals surface area (Å²) >= 11 is 0. The van der Waals surface area contributed by atoms with Crippen LogP contribution in [0.1, 0.15) is 22.6 Å². The summed E-state index contributed by atoms with van der Waals surface area (Å²) in [6.45, 7) is 0. The fourth-order valence-corrected chi connectivity index (χ4v) is 3.72. The van der Waals surface area contributed by atoms with Gasteiger partial charge in [-0.15, -0.1) is 0 Å². The van der Waals surface area contributed by atoms with Crippen molar-refractivity contribution in [2.24, 2.45) is 0 Å². The van der Waals surface area contributed by atoms with E-state index in [1.165, 1.54) is 14.2 Å². The average Bonchev–Trinajstić information content (AvgIpc) is 2.84. The molecule has 3 aromatic carbocycles. The van der Waals surface area contributed by atoms with Gasteiger partial charge in [0.25, 0.3) is 0 Å². The van der Waals surface area contributed by atoms with Crippen molar-refractivity contribution < 1.29 is 33.5 Å². The number of hydrogen-bond acceptors (Lipinski definition) is 7. The predicted molar refractivity (Wildman–Crippen MR) is 121 cm³/mol. The highest BCUT2D eigenvalue weighted by Crippen LogP contribution is 2.47. The standard InChI is InChI=1S/C25H28O7/c1-27-16-7-9-18(20(13-16)29-3)24(19-10-8-17(28-2)14-21(19)30-4)15-11-22(31-5)25(26)23(12-15)32-6/h7-14,24,26H,1-6H3. The molecule has 32 heavy (non-hydrogen) atoms. The largest absolute Gasteiger partial charge is 0.502 e. The number of benzene rings is 3. The molecule has 0 spiro atoms. The van der Waals surface area contributed by atoms with E-state index >= 15 is 0 Å². The SMILES string of the molecule is COc1ccc(C(c2cc(OC)c(O)c(OC)c2)c2ccc(OC)cc2OC)c(OC)c1. The smallest absolute Gasteiger partial charge is 0.200 e. The van der Waals surface area contributed by atoms with Crippen LogP contribution in [0.2, 0.25) is 0 Å². The zero-order valence-electron chi connectivity index (χ0n) is 19.1. The molecule has 0 saturated carbocycles. The van der Waals surface area contributed by atoms with Crippen LogP contribution in [0.3, 0.4) is 0 Å². The van der Waals surface area contributed by atoms with E-state index in [-0.39, 0.29) is 11.7 Å². The van der Waals surface area contributed by atoms with Gasteiger partial charge in [0.2, 0.25) is 5.75 Å². The number of hydrogen-bond donors (Lipinski definition) is 1. The van der Waals surface area contributed by atoms with Crippen LogP contribution in [-0.2, 0) is 0 Å². The minimum Gasteiger partial charge on any atom is -0.502 e. The summed E-state index contributed by atoms with van der Waals surface area (Å²) in [5.74, 6) is 2.80. The molecular weight excluding hydrogens is 412 g/mol. The molecule has 7 nitrogen and oxygen atoms in total. The fraction of sp³-hybridized carbons (Fsp3) is 0.280. The maximum Gasteiger partial charge on any atom is 0.200 e. The van der Waals surface area contributed by atoms with Crippen LogP contribution in [0.5, 0.6) is 40.2 Å². The van der Waals surface area contributed by atoms with E-state index in [0.29, 0.717) is 34.5 Å². The topological polar surface area (TPSA) is 75.6 Å². The molecule has 3 aromatic rings. The van der Waals surface area contributed by atoms with Gasteiger partial charge < -0.3 is 33.5 Å². The number of ether oxygens (including phenoxy) is 6. The van der Waals surface area contributed by atoms with E-state index in [1.807, 2.05) is 36.4 Å². The molecule has 170 valence electrons. The van der Waals surface area contributed by atoms with Crippen molar-refractivity contribution in [1.82, 2.24) is 0 Å². The van der Waals surface area contributed by atoms with Crippen LogP contribution < -0.4 is 28.4 Å². The molecule has 0 radical (unpaired) electrons. The molecular formula is C25H28O7. The Hall–Kier alpha value is -3.74. The number of methoxy groups -OCH3 is 6. The molecule has 0 saturated heterocycles. The maximum atomic E-state index is 10.4. The number of aromatic hydroxyl groups is 1. The quantitative estimate of drug-likeness (QED) is 0.487. The van der Waals surface area contributed by atoms with Crippen molar-refractivity contribution in [3.8, 4) is 40.2 Å². The highest BCUT2D eigenvalue weighted by molar-refractivity contribution is 5.61. The Labute approximate surface area is 188 Å². The molecule has 0 bridgehead atoms. The van der Waals surface area contributed by atoms with E-state index < -0.39 is 0 Å². The molecule has 0 unspecified atom stereocenters. The molecule has 7 heteroatoms. The third kappa shape index (κ3) is 4.32. The fourth-order valence-electron chi connectivity index (χ4n) is 3.72. The van der Waals surface area contributed by atoms with E-state index in [1.54, 1.807) is 40.6 Å². The van der Waals surface area contributed by atoms with Crippen LogP contribution in [0.4, 0.5) is 0 Å². The second kappa shape index (κ2) is 10.0. The Balaban J connectivity index is 2.34. The Morgan fingerprint density at radius 3 is 1.28 bits per heavy atom. The van der Waals surface area contributed by atoms with Gasteiger partial charge >= 0.3 is 0 Å². The van der Waals surface area contributed by atoms with Crippen LogP contribution in [-0.4, -0.2) is 47.8 Å². The van der Waals surface area contributed by atoms with Crippen molar-refractivity contribution in [3.05, 3.63) is 65.2 Å². The molecule has 0 aromatic heterocycles. The molecule has 3 rings (SSSR count). The summed E-state index contributed by atoms with van der Waals surface area (Å²) in [7, 11) is 9.42. The van der Waals surface area contributed by atoms with Crippen LogP contribution in [0.25, 0.3) is 0 Å². The van der Waals surface area contributed by atoms with Crippen LogP contribution >= 0.6 is 0 Å². The van der Waals surface area contributed by atoms with Crippen molar-refractivity contribution >= 4 is 0 Å². The second-order valence-corrected chi connectivity index (χ2v) is 6.92. The highest BCUT2D eigenvalue weighted by Gasteiger charge is 2.27. The lowest BCUT2D eigenvalue weighted by molar-refractivity contribution is 0.339. The van der Waals surface area contributed by atoms with Gasteiger partial charge in [-0.3, -0.25) is 0 Å². The van der Waals surface area contributed by atoms with Gasteiger partial charge in [0.1, 0.15) is 23.0 Å². The number of phenols is 1. The Kier molecular flexibility index (Phi) is 7.20. The number of rotatable bonds is 9. The van der Waals surface area contributed by atoms with Gasteiger partial charge in [0.15, 0.2) is 11.5 Å². The maximum absolute atomic E-state index is 10.4. The summed E-state index contributed by atoms with van der Waals surface area (Å²) in [5.41, 5.74) is 2.54. The van der Waals surface area contributed by atoms with Crippen LogP contribution in [0.15, 0.2) is 48.5 Å². The van der Waals surface area contributed by atoms with Crippen molar-refractivity contribution in [3.63, 3.8) is 0 Å². The summed E-state index contributed by atoms with van der Waals surface area (Å²) in [5, 5.41) is 10.4. The summed E-state index contributed by atoms with van der Waals surface area (Å²) in [6.07, 6.45) is 0. The lowest BCUT2D eigenvalue weighted by Crippen LogP contribution is -2.08. The summed E-state index contributed by atoms with van der Waals surface area (Å²) in [4.78, 5) is 0. The molecule has 0 aliphatic rings. The minimum atomic E-state index is -0.347. The first-order valence-corrected chi connectivity index (χ1v) is 9.89. The highest BCUT2D eigenvalue weighted by atomic mass is 16.5. The average molecular weight is 440 g/mol. The Morgan fingerprint density at radius 2 is 0.938 bits per heavy atom. The molecule has 0 heterocycles. The van der Waals surface area contributed by atoms with Gasteiger partial charge in [-0.1, -0.05) is 12.1 Å². The van der Waals surface area contributed by atoms with Crippen molar-refractivity contribution in [2.45, 2.75) is 5.92 Å². The van der Waals surface area contributed by atoms with Crippen molar-refractivity contribution in [2.75, 3.05) is 42.7 Å². The Bertz CT molecular complexity index is 997. The van der Waals surface area contributed by atoms with Crippen LogP contribution in [0, 0.1) is 0 Å². The first-order valence-electron chi connectivity index (χ1n) is 9.89. The predicted octanol–water partition coefficient (Wildman–Crippen LogP) is 4.62. The van der Waals surface area contributed by atoms with Crippen molar-refractivity contribution in [1.29, 1.82) is 0 Å². The molecule has 0 atom stereocenters.